The molecule has 5 rings (SSSR count). The van der Waals surface area contributed by atoms with Crippen molar-refractivity contribution in [2.75, 3.05) is 6.26 Å². The van der Waals surface area contributed by atoms with Crippen molar-refractivity contribution in [3.05, 3.63) is 84.8 Å². The second-order valence-electron chi connectivity index (χ2n) is 7.17. The summed E-state index contributed by atoms with van der Waals surface area (Å²) in [6, 6.07) is 15.0. The van der Waals surface area contributed by atoms with E-state index >= 15 is 0 Å². The standard InChI is InChI=1S/C23H18N4O2S/c1-30(28,29)20-12-8-18(9-13-20)22-26-21-14-24-15-25-23(21)27(22)19-10-6-17(7-11-19)16-4-2-3-5-16/h2-4,6-15H,5H2,1H3. The molecule has 0 fully saturated rings. The van der Waals surface area contributed by atoms with Crippen molar-refractivity contribution in [1.82, 2.24) is 19.5 Å². The number of allylic oxidation sites excluding steroid dienone is 4. The number of imidazole rings is 1. The van der Waals surface area contributed by atoms with Gasteiger partial charge in [0, 0.05) is 17.5 Å². The summed E-state index contributed by atoms with van der Waals surface area (Å²) < 4.78 is 25.6. The molecule has 0 saturated carbocycles. The van der Waals surface area contributed by atoms with Crippen molar-refractivity contribution < 1.29 is 8.42 Å². The minimum absolute atomic E-state index is 0.275. The first-order chi connectivity index (χ1) is 14.5. The first-order valence-electron chi connectivity index (χ1n) is 9.46. The van der Waals surface area contributed by atoms with E-state index in [1.54, 1.807) is 30.5 Å². The fourth-order valence-electron chi connectivity index (χ4n) is 3.61. The van der Waals surface area contributed by atoms with Crippen LogP contribution in [0.4, 0.5) is 0 Å². The van der Waals surface area contributed by atoms with Gasteiger partial charge in [-0.25, -0.2) is 23.4 Å². The van der Waals surface area contributed by atoms with E-state index in [-0.39, 0.29) is 4.90 Å². The van der Waals surface area contributed by atoms with E-state index in [0.29, 0.717) is 17.0 Å². The lowest BCUT2D eigenvalue weighted by molar-refractivity contribution is 0.602. The molecular weight excluding hydrogens is 396 g/mol. The predicted octanol–water partition coefficient (Wildman–Crippen LogP) is 4.23. The number of hydrogen-bond acceptors (Lipinski definition) is 5. The largest absolute Gasteiger partial charge is 0.277 e. The average molecular weight is 414 g/mol. The van der Waals surface area contributed by atoms with E-state index in [1.807, 2.05) is 16.7 Å². The van der Waals surface area contributed by atoms with E-state index in [4.69, 9.17) is 4.98 Å². The summed E-state index contributed by atoms with van der Waals surface area (Å²) in [6.07, 6.45) is 11.7. The molecule has 2 heterocycles. The number of hydrogen-bond donors (Lipinski definition) is 0. The lowest BCUT2D eigenvalue weighted by atomic mass is 10.0. The summed E-state index contributed by atoms with van der Waals surface area (Å²) in [5, 5.41) is 0. The van der Waals surface area contributed by atoms with Crippen molar-refractivity contribution in [3.63, 3.8) is 0 Å². The number of rotatable bonds is 4. The number of nitrogens with zero attached hydrogens (tertiary/aromatic N) is 4. The molecular formula is C23H18N4O2S. The van der Waals surface area contributed by atoms with Crippen LogP contribution in [0.15, 0.2) is 84.2 Å². The molecule has 2 aromatic carbocycles. The maximum Gasteiger partial charge on any atom is 0.175 e. The molecule has 148 valence electrons. The SMILES string of the molecule is CS(=O)(=O)c1ccc(-c2nc3cncnc3n2-c2ccc(C3=CC=CC3)cc2)cc1. The second kappa shape index (κ2) is 7.03. The van der Waals surface area contributed by atoms with E-state index in [0.717, 1.165) is 17.7 Å². The third-order valence-electron chi connectivity index (χ3n) is 5.13. The Hall–Kier alpha value is -3.58. The molecule has 6 nitrogen and oxygen atoms in total. The van der Waals surface area contributed by atoms with Gasteiger partial charge in [0.1, 0.15) is 17.7 Å². The number of benzene rings is 2. The summed E-state index contributed by atoms with van der Waals surface area (Å²) in [5.41, 5.74) is 5.56. The molecule has 1 aliphatic rings. The Morgan fingerprint density at radius 2 is 1.70 bits per heavy atom. The lowest BCUT2D eigenvalue weighted by Crippen LogP contribution is -2.00. The van der Waals surface area contributed by atoms with E-state index in [2.05, 4.69) is 40.3 Å². The van der Waals surface area contributed by atoms with Crippen LogP contribution in [-0.2, 0) is 9.84 Å². The molecule has 2 aromatic heterocycles. The van der Waals surface area contributed by atoms with Gasteiger partial charge in [0.2, 0.25) is 0 Å². The quantitative estimate of drug-likeness (QED) is 0.499. The molecule has 0 N–H and O–H groups in total. The minimum Gasteiger partial charge on any atom is -0.277 e. The molecule has 0 atom stereocenters. The van der Waals surface area contributed by atoms with Gasteiger partial charge in [-0.1, -0.05) is 30.4 Å². The molecule has 4 aromatic rings. The highest BCUT2D eigenvalue weighted by atomic mass is 32.2. The maximum atomic E-state index is 11.8. The van der Waals surface area contributed by atoms with Crippen molar-refractivity contribution in [3.8, 4) is 17.1 Å². The van der Waals surface area contributed by atoms with Gasteiger partial charge in [-0.2, -0.15) is 0 Å². The van der Waals surface area contributed by atoms with Crippen LogP contribution < -0.4 is 0 Å². The van der Waals surface area contributed by atoms with Crippen LogP contribution in [0.25, 0.3) is 33.8 Å². The summed E-state index contributed by atoms with van der Waals surface area (Å²) in [5.74, 6) is 0.681. The highest BCUT2D eigenvalue weighted by Gasteiger charge is 2.17. The van der Waals surface area contributed by atoms with E-state index in [9.17, 15) is 8.42 Å². The summed E-state index contributed by atoms with van der Waals surface area (Å²) in [7, 11) is -3.26. The highest BCUT2D eigenvalue weighted by molar-refractivity contribution is 7.90. The molecule has 0 unspecified atom stereocenters. The topological polar surface area (TPSA) is 77.7 Å². The molecule has 0 radical (unpaired) electrons. The van der Waals surface area contributed by atoms with Crippen LogP contribution in [0.1, 0.15) is 12.0 Å². The fraction of sp³-hybridized carbons (Fsp3) is 0.0870. The third-order valence-corrected chi connectivity index (χ3v) is 6.26. The zero-order valence-electron chi connectivity index (χ0n) is 16.2. The first kappa shape index (κ1) is 18.4. The predicted molar refractivity (Wildman–Crippen MR) is 117 cm³/mol. The Balaban J connectivity index is 1.64. The van der Waals surface area contributed by atoms with Crippen molar-refractivity contribution >= 4 is 26.6 Å². The van der Waals surface area contributed by atoms with Gasteiger partial charge in [0.05, 0.1) is 11.1 Å². The molecule has 7 heteroatoms. The van der Waals surface area contributed by atoms with E-state index in [1.165, 1.54) is 23.7 Å². The molecule has 0 bridgehead atoms. The molecule has 1 aliphatic carbocycles. The van der Waals surface area contributed by atoms with Crippen molar-refractivity contribution in [2.45, 2.75) is 11.3 Å². The van der Waals surface area contributed by atoms with Gasteiger partial charge in [0.25, 0.3) is 0 Å². The Kier molecular flexibility index (Phi) is 4.33. The molecule has 0 amide bonds. The van der Waals surface area contributed by atoms with Gasteiger partial charge in [0.15, 0.2) is 15.5 Å². The Morgan fingerprint density at radius 1 is 0.967 bits per heavy atom. The third kappa shape index (κ3) is 3.23. The molecule has 0 aliphatic heterocycles. The van der Waals surface area contributed by atoms with Crippen LogP contribution in [0.3, 0.4) is 0 Å². The summed E-state index contributed by atoms with van der Waals surface area (Å²) >= 11 is 0. The fourth-order valence-corrected chi connectivity index (χ4v) is 4.24. The smallest absolute Gasteiger partial charge is 0.175 e. The van der Waals surface area contributed by atoms with Crippen LogP contribution in [0.2, 0.25) is 0 Å². The van der Waals surface area contributed by atoms with Gasteiger partial charge < -0.3 is 0 Å². The Bertz CT molecular complexity index is 1410. The van der Waals surface area contributed by atoms with Gasteiger partial charge in [-0.05, 0) is 54.0 Å². The molecule has 30 heavy (non-hydrogen) atoms. The summed E-state index contributed by atoms with van der Waals surface area (Å²) in [6.45, 7) is 0. The van der Waals surface area contributed by atoms with Gasteiger partial charge >= 0.3 is 0 Å². The number of aromatic nitrogens is 4. The zero-order valence-corrected chi connectivity index (χ0v) is 17.0. The highest BCUT2D eigenvalue weighted by Crippen LogP contribution is 2.30. The first-order valence-corrected chi connectivity index (χ1v) is 11.4. The Morgan fingerprint density at radius 3 is 2.37 bits per heavy atom. The van der Waals surface area contributed by atoms with Gasteiger partial charge in [-0.15, -0.1) is 0 Å². The zero-order chi connectivity index (χ0) is 20.7. The number of fused-ring (bicyclic) bond motifs is 1. The lowest BCUT2D eigenvalue weighted by Gasteiger charge is -2.11. The van der Waals surface area contributed by atoms with Gasteiger partial charge in [-0.3, -0.25) is 4.57 Å². The average Bonchev–Trinajstić information content (AvgIpc) is 3.41. The van der Waals surface area contributed by atoms with Crippen LogP contribution in [0, 0.1) is 0 Å². The normalized spacial score (nSPS) is 13.7. The Labute approximate surface area is 174 Å². The van der Waals surface area contributed by atoms with Crippen LogP contribution in [0.5, 0.6) is 0 Å². The van der Waals surface area contributed by atoms with Crippen LogP contribution >= 0.6 is 0 Å². The number of sulfone groups is 1. The maximum absolute atomic E-state index is 11.8. The second-order valence-corrected chi connectivity index (χ2v) is 9.19. The monoisotopic (exact) mass is 414 g/mol. The van der Waals surface area contributed by atoms with Crippen molar-refractivity contribution in [1.29, 1.82) is 0 Å². The molecule has 0 saturated heterocycles. The van der Waals surface area contributed by atoms with Crippen LogP contribution in [-0.4, -0.2) is 34.2 Å². The van der Waals surface area contributed by atoms with E-state index < -0.39 is 9.84 Å². The van der Waals surface area contributed by atoms with Crippen molar-refractivity contribution in [2.24, 2.45) is 0 Å². The minimum atomic E-state index is -3.26. The molecule has 0 spiro atoms. The summed E-state index contributed by atoms with van der Waals surface area (Å²) in [4.78, 5) is 13.5.